The van der Waals surface area contributed by atoms with Gasteiger partial charge < -0.3 is 5.32 Å². The lowest BCUT2D eigenvalue weighted by Crippen LogP contribution is -2.26. The molecule has 0 radical (unpaired) electrons. The van der Waals surface area contributed by atoms with Gasteiger partial charge in [0.2, 0.25) is 10.0 Å². The van der Waals surface area contributed by atoms with Crippen molar-refractivity contribution < 1.29 is 22.0 Å². The van der Waals surface area contributed by atoms with E-state index in [4.69, 9.17) is 11.6 Å². The fourth-order valence-electron chi connectivity index (χ4n) is 1.96. The molecule has 0 saturated heterocycles. The summed E-state index contributed by atoms with van der Waals surface area (Å²) in [6.07, 6.45) is 0.954. The number of carbonyl (C=O) groups is 1. The van der Waals surface area contributed by atoms with Crippen LogP contribution in [0.15, 0.2) is 36.4 Å². The molecule has 2 rings (SSSR count). The fourth-order valence-corrected chi connectivity index (χ4v) is 2.73. The molecule has 128 valence electrons. The van der Waals surface area contributed by atoms with Gasteiger partial charge in [-0.05, 0) is 30.3 Å². The third-order valence-corrected chi connectivity index (χ3v) is 4.74. The fraction of sp³-hybridized carbons (Fsp3) is 0.133. The van der Waals surface area contributed by atoms with Gasteiger partial charge in [0, 0.05) is 7.05 Å². The van der Waals surface area contributed by atoms with Crippen LogP contribution in [0.1, 0.15) is 10.4 Å². The Morgan fingerprint density at radius 3 is 2.46 bits per heavy atom. The highest BCUT2D eigenvalue weighted by molar-refractivity contribution is 7.92. The van der Waals surface area contributed by atoms with Gasteiger partial charge in [0.1, 0.15) is 11.6 Å². The van der Waals surface area contributed by atoms with Crippen LogP contribution in [-0.2, 0) is 10.0 Å². The van der Waals surface area contributed by atoms with E-state index in [-0.39, 0.29) is 16.4 Å². The van der Waals surface area contributed by atoms with Crippen molar-refractivity contribution in [2.75, 3.05) is 22.9 Å². The molecule has 0 bridgehead atoms. The SMILES string of the molecule is CN(c1ccc(F)cc1NC(=O)c1c(F)cccc1Cl)S(C)(=O)=O. The van der Waals surface area contributed by atoms with E-state index in [0.29, 0.717) is 0 Å². The summed E-state index contributed by atoms with van der Waals surface area (Å²) in [5.41, 5.74) is -0.525. The minimum absolute atomic E-state index is 0.0275. The molecule has 0 aliphatic heterocycles. The Hall–Kier alpha value is -2.19. The van der Waals surface area contributed by atoms with E-state index in [9.17, 15) is 22.0 Å². The summed E-state index contributed by atoms with van der Waals surface area (Å²) in [7, 11) is -2.40. The van der Waals surface area contributed by atoms with E-state index in [1.165, 1.54) is 25.2 Å². The van der Waals surface area contributed by atoms with E-state index in [0.717, 1.165) is 28.8 Å². The van der Waals surface area contributed by atoms with Gasteiger partial charge in [0.15, 0.2) is 0 Å². The van der Waals surface area contributed by atoms with Crippen LogP contribution in [0.3, 0.4) is 0 Å². The molecule has 1 N–H and O–H groups in total. The van der Waals surface area contributed by atoms with Gasteiger partial charge in [0.05, 0.1) is 28.2 Å². The molecule has 1 amide bonds. The molecule has 0 unspecified atom stereocenters. The minimum Gasteiger partial charge on any atom is -0.320 e. The molecule has 0 aromatic heterocycles. The van der Waals surface area contributed by atoms with Crippen molar-refractivity contribution in [2.24, 2.45) is 0 Å². The summed E-state index contributed by atoms with van der Waals surface area (Å²) < 4.78 is 51.5. The molecule has 9 heteroatoms. The van der Waals surface area contributed by atoms with Crippen LogP contribution in [0.25, 0.3) is 0 Å². The van der Waals surface area contributed by atoms with E-state index in [1.54, 1.807) is 0 Å². The first-order valence-corrected chi connectivity index (χ1v) is 8.82. The van der Waals surface area contributed by atoms with Gasteiger partial charge >= 0.3 is 0 Å². The lowest BCUT2D eigenvalue weighted by molar-refractivity contribution is 0.102. The van der Waals surface area contributed by atoms with Gasteiger partial charge in [-0.1, -0.05) is 17.7 Å². The van der Waals surface area contributed by atoms with E-state index in [2.05, 4.69) is 5.32 Å². The summed E-state index contributed by atoms with van der Waals surface area (Å²) in [6.45, 7) is 0. The molecule has 0 atom stereocenters. The standard InChI is InChI=1S/C15H13ClF2N2O3S/c1-20(24(2,22)23)13-7-6-9(17)8-12(13)19-15(21)14-10(16)4-3-5-11(14)18/h3-8H,1-2H3,(H,19,21). The number of nitrogens with one attached hydrogen (secondary N) is 1. The van der Waals surface area contributed by atoms with Crippen LogP contribution < -0.4 is 9.62 Å². The highest BCUT2D eigenvalue weighted by Gasteiger charge is 2.21. The maximum absolute atomic E-state index is 13.8. The first-order valence-electron chi connectivity index (χ1n) is 6.60. The summed E-state index contributed by atoms with van der Waals surface area (Å²) in [5.74, 6) is -2.48. The predicted octanol–water partition coefficient (Wildman–Crippen LogP) is 3.27. The van der Waals surface area contributed by atoms with E-state index >= 15 is 0 Å². The highest BCUT2D eigenvalue weighted by atomic mass is 35.5. The first-order chi connectivity index (χ1) is 11.1. The first kappa shape index (κ1) is 18.2. The molecular formula is C15H13ClF2N2O3S. The van der Waals surface area contributed by atoms with Crippen molar-refractivity contribution in [1.82, 2.24) is 0 Å². The molecule has 24 heavy (non-hydrogen) atoms. The van der Waals surface area contributed by atoms with Crippen molar-refractivity contribution in [1.29, 1.82) is 0 Å². The number of hydrogen-bond acceptors (Lipinski definition) is 3. The minimum atomic E-state index is -3.65. The maximum atomic E-state index is 13.8. The second kappa shape index (κ2) is 6.74. The zero-order valence-electron chi connectivity index (χ0n) is 12.7. The molecule has 2 aromatic carbocycles. The molecule has 0 heterocycles. The number of rotatable bonds is 4. The maximum Gasteiger partial charge on any atom is 0.260 e. The number of nitrogens with zero attached hydrogens (tertiary/aromatic N) is 1. The van der Waals surface area contributed by atoms with Crippen molar-refractivity contribution >= 4 is 38.9 Å². The zero-order valence-corrected chi connectivity index (χ0v) is 14.3. The number of anilines is 2. The molecule has 0 saturated carbocycles. The van der Waals surface area contributed by atoms with Gasteiger partial charge in [0.25, 0.3) is 5.91 Å². The number of benzene rings is 2. The van der Waals surface area contributed by atoms with E-state index < -0.39 is 33.1 Å². The topological polar surface area (TPSA) is 66.5 Å². The molecule has 0 fully saturated rings. The summed E-state index contributed by atoms with van der Waals surface area (Å²) in [4.78, 5) is 12.3. The van der Waals surface area contributed by atoms with Crippen LogP contribution in [0.2, 0.25) is 5.02 Å². The number of amides is 1. The summed E-state index contributed by atoms with van der Waals surface area (Å²) >= 11 is 5.82. The summed E-state index contributed by atoms with van der Waals surface area (Å²) in [6, 6.07) is 6.88. The average Bonchev–Trinajstić information content (AvgIpc) is 2.45. The lowest BCUT2D eigenvalue weighted by Gasteiger charge is -2.20. The smallest absolute Gasteiger partial charge is 0.260 e. The molecule has 5 nitrogen and oxygen atoms in total. The van der Waals surface area contributed by atoms with Gasteiger partial charge in [-0.2, -0.15) is 0 Å². The Morgan fingerprint density at radius 1 is 1.21 bits per heavy atom. The van der Waals surface area contributed by atoms with Crippen LogP contribution >= 0.6 is 11.6 Å². The average molecular weight is 375 g/mol. The lowest BCUT2D eigenvalue weighted by atomic mass is 10.2. The Morgan fingerprint density at radius 2 is 1.88 bits per heavy atom. The Labute approximate surface area is 142 Å². The molecule has 0 spiro atoms. The van der Waals surface area contributed by atoms with Crippen LogP contribution in [0.5, 0.6) is 0 Å². The Kier molecular flexibility index (Phi) is 5.10. The third kappa shape index (κ3) is 3.82. The zero-order chi connectivity index (χ0) is 18.1. The normalized spacial score (nSPS) is 11.2. The quantitative estimate of drug-likeness (QED) is 0.893. The monoisotopic (exact) mass is 374 g/mol. The molecule has 2 aromatic rings. The molecule has 0 aliphatic rings. The van der Waals surface area contributed by atoms with Crippen molar-refractivity contribution in [3.05, 3.63) is 58.6 Å². The Balaban J connectivity index is 2.46. The van der Waals surface area contributed by atoms with Gasteiger partial charge in [-0.15, -0.1) is 0 Å². The number of halogens is 3. The second-order valence-electron chi connectivity index (χ2n) is 4.94. The third-order valence-electron chi connectivity index (χ3n) is 3.23. The predicted molar refractivity (Wildman–Crippen MR) is 89.0 cm³/mol. The number of hydrogen-bond donors (Lipinski definition) is 1. The number of sulfonamides is 1. The number of carbonyl (C=O) groups excluding carboxylic acids is 1. The van der Waals surface area contributed by atoms with E-state index in [1.807, 2.05) is 0 Å². The van der Waals surface area contributed by atoms with Crippen molar-refractivity contribution in [3.63, 3.8) is 0 Å². The highest BCUT2D eigenvalue weighted by Crippen LogP contribution is 2.29. The molecule has 0 aliphatic carbocycles. The second-order valence-corrected chi connectivity index (χ2v) is 7.36. The van der Waals surface area contributed by atoms with Crippen LogP contribution in [0.4, 0.5) is 20.2 Å². The van der Waals surface area contributed by atoms with Gasteiger partial charge in [-0.25, -0.2) is 17.2 Å². The molecular weight excluding hydrogens is 362 g/mol. The van der Waals surface area contributed by atoms with Crippen LogP contribution in [-0.4, -0.2) is 27.6 Å². The largest absolute Gasteiger partial charge is 0.320 e. The van der Waals surface area contributed by atoms with Gasteiger partial charge in [-0.3, -0.25) is 9.10 Å². The summed E-state index contributed by atoms with van der Waals surface area (Å²) in [5, 5.41) is 2.17. The van der Waals surface area contributed by atoms with Crippen LogP contribution in [0, 0.1) is 11.6 Å². The van der Waals surface area contributed by atoms with Crippen molar-refractivity contribution in [2.45, 2.75) is 0 Å². The van der Waals surface area contributed by atoms with Crippen molar-refractivity contribution in [3.8, 4) is 0 Å². The Bertz CT molecular complexity index is 883.